The molecule has 0 saturated heterocycles. The van der Waals surface area contributed by atoms with Crippen LogP contribution < -0.4 is 10.5 Å². The second-order valence-electron chi connectivity index (χ2n) is 6.36. The molecule has 0 spiro atoms. The summed E-state index contributed by atoms with van der Waals surface area (Å²) < 4.78 is 5.08. The Kier molecular flexibility index (Phi) is 5.35. The molecule has 28 heavy (non-hydrogen) atoms. The lowest BCUT2D eigenvalue weighted by Crippen LogP contribution is -2.23. The number of hydrogen-bond acceptors (Lipinski definition) is 5. The Morgan fingerprint density at radius 1 is 1.14 bits per heavy atom. The van der Waals surface area contributed by atoms with Gasteiger partial charge in [-0.1, -0.05) is 29.8 Å². The third-order valence-corrected chi connectivity index (χ3v) is 4.48. The van der Waals surface area contributed by atoms with Gasteiger partial charge in [-0.25, -0.2) is 0 Å². The molecule has 3 rings (SSSR count). The van der Waals surface area contributed by atoms with Crippen LogP contribution >= 0.6 is 0 Å². The van der Waals surface area contributed by atoms with E-state index in [1.54, 1.807) is 24.3 Å². The van der Waals surface area contributed by atoms with E-state index in [-0.39, 0.29) is 5.69 Å². The van der Waals surface area contributed by atoms with E-state index < -0.39 is 16.7 Å². The number of pyridine rings is 1. The minimum Gasteiger partial charge on any atom is -0.497 e. The van der Waals surface area contributed by atoms with E-state index in [1.165, 1.54) is 19.4 Å². The summed E-state index contributed by atoms with van der Waals surface area (Å²) in [6.45, 7) is 1.95. The number of rotatable bonds is 6. The number of nitro groups is 1. The molecule has 1 amide bonds. The van der Waals surface area contributed by atoms with Gasteiger partial charge < -0.3 is 10.5 Å². The zero-order chi connectivity index (χ0) is 20.3. The Morgan fingerprint density at radius 3 is 2.46 bits per heavy atom. The summed E-state index contributed by atoms with van der Waals surface area (Å²) in [7, 11) is 1.45. The third-order valence-electron chi connectivity index (χ3n) is 4.48. The Bertz CT molecular complexity index is 1030. The number of methoxy groups -OCH3 is 1. The highest BCUT2D eigenvalue weighted by Gasteiger charge is 2.23. The Balaban J connectivity index is 2.10. The van der Waals surface area contributed by atoms with E-state index in [2.05, 4.69) is 4.98 Å². The molecule has 1 heterocycles. The normalized spacial score (nSPS) is 11.6. The van der Waals surface area contributed by atoms with Gasteiger partial charge in [0.15, 0.2) is 0 Å². The highest BCUT2D eigenvalue weighted by molar-refractivity contribution is 5.86. The average molecular weight is 377 g/mol. The molecule has 0 aliphatic rings. The number of carbonyl (C=O) groups is 1. The van der Waals surface area contributed by atoms with E-state index in [1.807, 2.05) is 31.2 Å². The Morgan fingerprint density at radius 2 is 1.86 bits per heavy atom. The number of nitrogens with zero attached hydrogens (tertiary/aromatic N) is 2. The SMILES string of the molecule is COc1ccc(-c2ccnc(C(C(N)=O)c3ccc(C)cc3)c2)c([N+](=O)[O-])c1. The van der Waals surface area contributed by atoms with Gasteiger partial charge in [-0.05, 0) is 42.3 Å². The average Bonchev–Trinajstić information content (AvgIpc) is 2.69. The first-order chi connectivity index (χ1) is 13.4. The van der Waals surface area contributed by atoms with Crippen LogP contribution in [-0.4, -0.2) is 22.9 Å². The largest absolute Gasteiger partial charge is 0.497 e. The van der Waals surface area contributed by atoms with Gasteiger partial charge in [0.05, 0.1) is 29.4 Å². The van der Waals surface area contributed by atoms with Crippen LogP contribution in [0.4, 0.5) is 5.69 Å². The fraction of sp³-hybridized carbons (Fsp3) is 0.143. The van der Waals surface area contributed by atoms with Crippen LogP contribution in [0.25, 0.3) is 11.1 Å². The first-order valence-corrected chi connectivity index (χ1v) is 8.55. The lowest BCUT2D eigenvalue weighted by molar-refractivity contribution is -0.384. The molecule has 2 aromatic carbocycles. The molecule has 3 aromatic rings. The van der Waals surface area contributed by atoms with Crippen molar-refractivity contribution in [3.8, 4) is 16.9 Å². The highest BCUT2D eigenvalue weighted by Crippen LogP contribution is 2.34. The molecule has 1 atom stereocenters. The molecule has 0 fully saturated rings. The van der Waals surface area contributed by atoms with Crippen molar-refractivity contribution in [2.24, 2.45) is 5.73 Å². The molecule has 0 aliphatic carbocycles. The van der Waals surface area contributed by atoms with Crippen molar-refractivity contribution in [2.45, 2.75) is 12.8 Å². The van der Waals surface area contributed by atoms with Crippen molar-refractivity contribution in [1.29, 1.82) is 0 Å². The van der Waals surface area contributed by atoms with Crippen molar-refractivity contribution in [3.63, 3.8) is 0 Å². The summed E-state index contributed by atoms with van der Waals surface area (Å²) in [6, 6.07) is 15.4. The molecular formula is C21H19N3O4. The molecular weight excluding hydrogens is 358 g/mol. The second-order valence-corrected chi connectivity index (χ2v) is 6.36. The zero-order valence-corrected chi connectivity index (χ0v) is 15.5. The molecule has 0 bridgehead atoms. The molecule has 0 radical (unpaired) electrons. The third kappa shape index (κ3) is 3.83. The fourth-order valence-corrected chi connectivity index (χ4v) is 3.05. The monoisotopic (exact) mass is 377 g/mol. The van der Waals surface area contributed by atoms with E-state index in [4.69, 9.17) is 10.5 Å². The molecule has 0 saturated carbocycles. The number of nitrogens with two attached hydrogens (primary N) is 1. The van der Waals surface area contributed by atoms with Gasteiger partial charge in [-0.2, -0.15) is 0 Å². The number of hydrogen-bond donors (Lipinski definition) is 1. The zero-order valence-electron chi connectivity index (χ0n) is 15.5. The van der Waals surface area contributed by atoms with Gasteiger partial charge in [0, 0.05) is 6.20 Å². The maximum Gasteiger partial charge on any atom is 0.280 e. The summed E-state index contributed by atoms with van der Waals surface area (Å²) >= 11 is 0. The standard InChI is InChI=1S/C21H19N3O4/c1-13-3-5-14(6-4-13)20(21(22)25)18-11-15(9-10-23-18)17-8-7-16(28-2)12-19(17)24(26)27/h3-12,20H,1-2H3,(H2,22,25). The molecule has 7 nitrogen and oxygen atoms in total. The number of aromatic nitrogens is 1. The highest BCUT2D eigenvalue weighted by atomic mass is 16.6. The van der Waals surface area contributed by atoms with Crippen LogP contribution in [-0.2, 0) is 4.79 Å². The van der Waals surface area contributed by atoms with Crippen molar-refractivity contribution < 1.29 is 14.5 Å². The van der Waals surface area contributed by atoms with Gasteiger partial charge in [0.2, 0.25) is 5.91 Å². The Hall–Kier alpha value is -3.74. The molecule has 142 valence electrons. The maximum atomic E-state index is 12.1. The maximum absolute atomic E-state index is 12.1. The predicted octanol–water partition coefficient (Wildman–Crippen LogP) is 3.59. The van der Waals surface area contributed by atoms with Crippen LogP contribution in [0.15, 0.2) is 60.8 Å². The van der Waals surface area contributed by atoms with Crippen LogP contribution in [0, 0.1) is 17.0 Å². The fourth-order valence-electron chi connectivity index (χ4n) is 3.05. The molecule has 1 unspecified atom stereocenters. The first-order valence-electron chi connectivity index (χ1n) is 8.55. The summed E-state index contributed by atoms with van der Waals surface area (Å²) in [5, 5.41) is 11.5. The van der Waals surface area contributed by atoms with Gasteiger partial charge >= 0.3 is 0 Å². The number of carbonyl (C=O) groups excluding carboxylic acids is 1. The van der Waals surface area contributed by atoms with E-state index >= 15 is 0 Å². The Labute approximate surface area is 161 Å². The minimum absolute atomic E-state index is 0.0949. The van der Waals surface area contributed by atoms with Gasteiger partial charge in [0.25, 0.3) is 5.69 Å². The number of aryl methyl sites for hydroxylation is 1. The smallest absolute Gasteiger partial charge is 0.280 e. The molecule has 7 heteroatoms. The van der Waals surface area contributed by atoms with Crippen LogP contribution in [0.1, 0.15) is 22.7 Å². The first kappa shape index (κ1) is 19.0. The van der Waals surface area contributed by atoms with Crippen molar-refractivity contribution in [3.05, 3.63) is 87.7 Å². The van der Waals surface area contributed by atoms with E-state index in [9.17, 15) is 14.9 Å². The van der Waals surface area contributed by atoms with E-state index in [0.717, 1.165) is 5.56 Å². The summed E-state index contributed by atoms with van der Waals surface area (Å²) in [5.74, 6) is -0.907. The van der Waals surface area contributed by atoms with Crippen molar-refractivity contribution in [1.82, 2.24) is 4.98 Å². The number of amides is 1. The quantitative estimate of drug-likeness (QED) is 0.521. The van der Waals surface area contributed by atoms with Crippen LogP contribution in [0.3, 0.4) is 0 Å². The number of benzene rings is 2. The molecule has 0 aliphatic heterocycles. The second kappa shape index (κ2) is 7.87. The van der Waals surface area contributed by atoms with Crippen LogP contribution in [0.2, 0.25) is 0 Å². The molecule has 1 aromatic heterocycles. The number of primary amides is 1. The number of ether oxygens (including phenoxy) is 1. The number of nitro benzene ring substituents is 1. The predicted molar refractivity (Wildman–Crippen MR) is 105 cm³/mol. The van der Waals surface area contributed by atoms with Gasteiger partial charge in [-0.15, -0.1) is 0 Å². The minimum atomic E-state index is -0.752. The topological polar surface area (TPSA) is 108 Å². The summed E-state index contributed by atoms with van der Waals surface area (Å²) in [4.78, 5) is 27.5. The van der Waals surface area contributed by atoms with Crippen molar-refractivity contribution >= 4 is 11.6 Å². The van der Waals surface area contributed by atoms with Crippen molar-refractivity contribution in [2.75, 3.05) is 7.11 Å². The summed E-state index contributed by atoms with van der Waals surface area (Å²) in [6.07, 6.45) is 1.52. The summed E-state index contributed by atoms with van der Waals surface area (Å²) in [5.41, 5.74) is 8.72. The van der Waals surface area contributed by atoms with Crippen LogP contribution in [0.5, 0.6) is 5.75 Å². The molecule has 2 N–H and O–H groups in total. The van der Waals surface area contributed by atoms with Gasteiger partial charge in [-0.3, -0.25) is 19.9 Å². The van der Waals surface area contributed by atoms with Gasteiger partial charge in [0.1, 0.15) is 11.7 Å². The lowest BCUT2D eigenvalue weighted by Gasteiger charge is -2.15. The van der Waals surface area contributed by atoms with E-state index in [0.29, 0.717) is 28.1 Å². The lowest BCUT2D eigenvalue weighted by atomic mass is 9.92.